The smallest absolute Gasteiger partial charge is 0.308 e. The van der Waals surface area contributed by atoms with Gasteiger partial charge >= 0.3 is 6.03 Å². The quantitative estimate of drug-likeness (QED) is 0.515. The highest BCUT2D eigenvalue weighted by Crippen LogP contribution is 2.35. The number of carbonyl (C=O) groups excluding carboxylic acids is 1. The van der Waals surface area contributed by atoms with E-state index in [1.54, 1.807) is 36.4 Å². The number of amides is 2. The lowest BCUT2D eigenvalue weighted by molar-refractivity contribution is 0.262. The molecular weight excluding hydrogens is 463 g/mol. The Morgan fingerprint density at radius 1 is 1.17 bits per heavy atom. The largest absolute Gasteiger partial charge is 0.323 e. The molecule has 0 bridgehead atoms. The molecule has 0 spiro atoms. The summed E-state index contributed by atoms with van der Waals surface area (Å²) in [6, 6.07) is 10.0. The summed E-state index contributed by atoms with van der Waals surface area (Å²) in [5, 5.41) is 19.9. The number of aromatic amines is 1. The van der Waals surface area contributed by atoms with Gasteiger partial charge in [-0.05, 0) is 51.5 Å². The van der Waals surface area contributed by atoms with E-state index in [9.17, 15) is 4.79 Å². The highest BCUT2D eigenvalue weighted by molar-refractivity contribution is 9.11. The van der Waals surface area contributed by atoms with E-state index in [0.717, 1.165) is 4.47 Å². The summed E-state index contributed by atoms with van der Waals surface area (Å²) in [5.41, 5.74) is 1.69. The van der Waals surface area contributed by atoms with Crippen LogP contribution in [0, 0.1) is 0 Å². The molecule has 3 aromatic rings. The van der Waals surface area contributed by atoms with Crippen molar-refractivity contribution < 1.29 is 4.79 Å². The van der Waals surface area contributed by atoms with E-state index in [4.69, 9.17) is 11.6 Å². The van der Waals surface area contributed by atoms with Gasteiger partial charge in [-0.3, -0.25) is 0 Å². The Hall–Kier alpha value is -1.97. The number of nitrogens with zero attached hydrogens (tertiary/aromatic N) is 3. The molecule has 24 heavy (non-hydrogen) atoms. The minimum atomic E-state index is -0.426. The Balaban J connectivity index is 1.88. The van der Waals surface area contributed by atoms with Gasteiger partial charge in [-0.2, -0.15) is 5.21 Å². The maximum atomic E-state index is 12.3. The van der Waals surface area contributed by atoms with Crippen LogP contribution in [-0.4, -0.2) is 26.7 Å². The average Bonchev–Trinajstić information content (AvgIpc) is 3.04. The van der Waals surface area contributed by atoms with Crippen LogP contribution >= 0.6 is 43.5 Å². The summed E-state index contributed by atoms with van der Waals surface area (Å²) in [4.78, 5) is 12.3. The maximum Gasteiger partial charge on any atom is 0.323 e. The molecule has 7 nitrogen and oxygen atoms in total. The van der Waals surface area contributed by atoms with E-state index in [-0.39, 0.29) is 0 Å². The van der Waals surface area contributed by atoms with E-state index in [1.165, 1.54) is 0 Å². The molecule has 0 radical (unpaired) electrons. The molecule has 10 heteroatoms. The van der Waals surface area contributed by atoms with Gasteiger partial charge < -0.3 is 10.6 Å². The van der Waals surface area contributed by atoms with Gasteiger partial charge in [-0.15, -0.1) is 10.2 Å². The van der Waals surface area contributed by atoms with E-state index < -0.39 is 6.03 Å². The molecule has 0 atom stereocenters. The summed E-state index contributed by atoms with van der Waals surface area (Å²) >= 11 is 12.7. The molecule has 0 saturated carbocycles. The number of nitrogens with one attached hydrogen (secondary N) is 3. The molecule has 2 aromatic carbocycles. The fourth-order valence-corrected chi connectivity index (χ4v) is 3.51. The Bertz CT molecular complexity index is 887. The van der Waals surface area contributed by atoms with Crippen molar-refractivity contribution in [1.82, 2.24) is 20.6 Å². The van der Waals surface area contributed by atoms with Crippen molar-refractivity contribution in [2.45, 2.75) is 0 Å². The molecule has 122 valence electrons. The van der Waals surface area contributed by atoms with Crippen molar-refractivity contribution in [2.75, 3.05) is 10.6 Å². The van der Waals surface area contributed by atoms with Gasteiger partial charge in [0.1, 0.15) is 0 Å². The molecule has 0 saturated heterocycles. The summed E-state index contributed by atoms with van der Waals surface area (Å²) in [5.74, 6) is 0.357. The van der Waals surface area contributed by atoms with Crippen LogP contribution in [0.4, 0.5) is 16.2 Å². The Labute approximate surface area is 158 Å². The van der Waals surface area contributed by atoms with Crippen LogP contribution in [0.1, 0.15) is 0 Å². The SMILES string of the molecule is O=C(Nc1cccc(Cl)c1)Nc1c(Br)cc(Br)cc1-c1nn[nH]n1. The zero-order valence-electron chi connectivity index (χ0n) is 11.8. The van der Waals surface area contributed by atoms with Gasteiger partial charge in [-0.25, -0.2) is 4.79 Å². The van der Waals surface area contributed by atoms with Crippen molar-refractivity contribution in [2.24, 2.45) is 0 Å². The van der Waals surface area contributed by atoms with Crippen molar-refractivity contribution >= 4 is 60.9 Å². The summed E-state index contributed by atoms with van der Waals surface area (Å²) < 4.78 is 1.47. The number of urea groups is 1. The van der Waals surface area contributed by atoms with Crippen LogP contribution in [-0.2, 0) is 0 Å². The van der Waals surface area contributed by atoms with Crippen molar-refractivity contribution in [3.05, 3.63) is 50.4 Å². The second-order valence-corrected chi connectivity index (χ2v) is 6.84. The first-order chi connectivity index (χ1) is 11.5. The molecule has 0 aliphatic rings. The predicted molar refractivity (Wildman–Crippen MR) is 99.1 cm³/mol. The summed E-state index contributed by atoms with van der Waals surface area (Å²) in [6.07, 6.45) is 0. The van der Waals surface area contributed by atoms with Gasteiger partial charge in [-0.1, -0.05) is 33.6 Å². The van der Waals surface area contributed by atoms with Crippen LogP contribution in [0.25, 0.3) is 11.4 Å². The molecule has 0 aliphatic carbocycles. The number of H-pyrrole nitrogens is 1. The molecule has 3 N–H and O–H groups in total. The maximum absolute atomic E-state index is 12.3. The van der Waals surface area contributed by atoms with Gasteiger partial charge in [0.25, 0.3) is 0 Å². The first-order valence-corrected chi connectivity index (χ1v) is 8.56. The highest BCUT2D eigenvalue weighted by atomic mass is 79.9. The normalized spacial score (nSPS) is 10.5. The topological polar surface area (TPSA) is 95.6 Å². The zero-order valence-corrected chi connectivity index (χ0v) is 15.8. The van der Waals surface area contributed by atoms with Crippen molar-refractivity contribution in [3.63, 3.8) is 0 Å². The standard InChI is InChI=1S/C14H9Br2ClN6O/c15-7-4-10(13-20-22-23-21-13)12(11(16)5-7)19-14(24)18-9-3-1-2-8(17)6-9/h1-6H,(H2,18,19,24)(H,20,21,22,23). The lowest BCUT2D eigenvalue weighted by Gasteiger charge is -2.13. The molecule has 0 fully saturated rings. The number of hydrogen-bond acceptors (Lipinski definition) is 4. The lowest BCUT2D eigenvalue weighted by atomic mass is 10.1. The zero-order chi connectivity index (χ0) is 17.1. The Kier molecular flexibility index (Phi) is 5.12. The Morgan fingerprint density at radius 3 is 2.71 bits per heavy atom. The molecule has 3 rings (SSSR count). The first-order valence-electron chi connectivity index (χ1n) is 6.59. The monoisotopic (exact) mass is 470 g/mol. The number of halogens is 3. The van der Waals surface area contributed by atoms with Gasteiger partial charge in [0, 0.05) is 25.2 Å². The Morgan fingerprint density at radius 2 is 2.00 bits per heavy atom. The minimum absolute atomic E-state index is 0.357. The number of rotatable bonds is 3. The van der Waals surface area contributed by atoms with E-state index >= 15 is 0 Å². The van der Waals surface area contributed by atoms with Gasteiger partial charge in [0.15, 0.2) is 0 Å². The van der Waals surface area contributed by atoms with E-state index in [1.807, 2.05) is 0 Å². The van der Waals surface area contributed by atoms with Crippen LogP contribution in [0.3, 0.4) is 0 Å². The molecular formula is C14H9Br2ClN6O. The number of carbonyl (C=O) groups is 1. The second-order valence-electron chi connectivity index (χ2n) is 4.64. The molecule has 1 aromatic heterocycles. The van der Waals surface area contributed by atoms with Crippen LogP contribution in [0.2, 0.25) is 5.02 Å². The number of anilines is 2. The van der Waals surface area contributed by atoms with E-state index in [2.05, 4.69) is 63.1 Å². The minimum Gasteiger partial charge on any atom is -0.308 e. The molecule has 0 unspecified atom stereocenters. The van der Waals surface area contributed by atoms with Gasteiger partial charge in [0.2, 0.25) is 5.82 Å². The third-order valence-corrected chi connectivity index (χ3v) is 4.28. The number of benzene rings is 2. The predicted octanol–water partition coefficient (Wildman–Crippen LogP) is 4.69. The van der Waals surface area contributed by atoms with Gasteiger partial charge in [0.05, 0.1) is 5.69 Å². The molecule has 1 heterocycles. The summed E-state index contributed by atoms with van der Waals surface area (Å²) in [6.45, 7) is 0. The molecule has 2 amide bonds. The average molecular weight is 473 g/mol. The van der Waals surface area contributed by atoms with Crippen LogP contribution in [0.5, 0.6) is 0 Å². The van der Waals surface area contributed by atoms with Crippen LogP contribution in [0.15, 0.2) is 45.3 Å². The fourth-order valence-electron chi connectivity index (χ4n) is 2.00. The second kappa shape index (κ2) is 7.29. The fraction of sp³-hybridized carbons (Fsp3) is 0. The highest BCUT2D eigenvalue weighted by Gasteiger charge is 2.16. The third-order valence-electron chi connectivity index (χ3n) is 2.96. The van der Waals surface area contributed by atoms with Crippen molar-refractivity contribution in [1.29, 1.82) is 0 Å². The lowest BCUT2D eigenvalue weighted by Crippen LogP contribution is -2.20. The summed E-state index contributed by atoms with van der Waals surface area (Å²) in [7, 11) is 0. The number of aromatic nitrogens is 4. The van der Waals surface area contributed by atoms with Crippen LogP contribution < -0.4 is 10.6 Å². The number of tetrazole rings is 1. The van der Waals surface area contributed by atoms with Crippen molar-refractivity contribution in [3.8, 4) is 11.4 Å². The van der Waals surface area contributed by atoms with E-state index in [0.29, 0.717) is 32.3 Å². The molecule has 0 aliphatic heterocycles. The third kappa shape index (κ3) is 3.92. The first kappa shape index (κ1) is 16.9. The number of hydrogen-bond donors (Lipinski definition) is 3.